The van der Waals surface area contributed by atoms with Gasteiger partial charge in [0.05, 0.1) is 12.2 Å². The van der Waals surface area contributed by atoms with Gasteiger partial charge in [-0.25, -0.2) is 13.2 Å². The molecule has 2 aliphatic heterocycles. The van der Waals surface area contributed by atoms with E-state index in [-0.39, 0.29) is 24.4 Å². The molecule has 8 heteroatoms. The normalized spacial score (nSPS) is 20.9. The van der Waals surface area contributed by atoms with Crippen molar-refractivity contribution in [3.05, 3.63) is 65.0 Å². The third-order valence-corrected chi connectivity index (χ3v) is 6.52. The SMILES string of the molecule is CCC(=O)N1CCSC12C(=O)N(Cc1ccc(F)cc1F)c1ccc(F)cc12. The van der Waals surface area contributed by atoms with Gasteiger partial charge in [-0.05, 0) is 24.3 Å². The summed E-state index contributed by atoms with van der Waals surface area (Å²) >= 11 is 1.28. The molecular weight excluding hydrogens is 389 g/mol. The lowest BCUT2D eigenvalue weighted by atomic mass is 10.1. The summed E-state index contributed by atoms with van der Waals surface area (Å²) in [5.74, 6) is -2.08. The van der Waals surface area contributed by atoms with Crippen LogP contribution in [-0.2, 0) is 21.0 Å². The van der Waals surface area contributed by atoms with Crippen molar-refractivity contribution in [1.82, 2.24) is 4.90 Å². The minimum Gasteiger partial charge on any atom is -0.315 e. The van der Waals surface area contributed by atoms with Gasteiger partial charge in [0, 0.05) is 35.9 Å². The third-order valence-electron chi connectivity index (χ3n) is 5.10. The Hall–Kier alpha value is -2.48. The molecule has 146 valence electrons. The van der Waals surface area contributed by atoms with E-state index in [9.17, 15) is 22.8 Å². The van der Waals surface area contributed by atoms with Gasteiger partial charge in [-0.3, -0.25) is 9.59 Å². The number of amides is 2. The first-order valence-electron chi connectivity index (χ1n) is 8.89. The number of hydrogen-bond acceptors (Lipinski definition) is 3. The van der Waals surface area contributed by atoms with Crippen LogP contribution in [0, 0.1) is 17.5 Å². The number of halogens is 3. The summed E-state index contributed by atoms with van der Waals surface area (Å²) in [4.78, 5) is 27.5. The fourth-order valence-corrected chi connectivity index (χ4v) is 5.28. The fraction of sp³-hybridized carbons (Fsp3) is 0.300. The second kappa shape index (κ2) is 6.84. The van der Waals surface area contributed by atoms with Crippen LogP contribution in [0.1, 0.15) is 24.5 Å². The quantitative estimate of drug-likeness (QED) is 0.779. The lowest BCUT2D eigenvalue weighted by Gasteiger charge is -2.33. The first-order chi connectivity index (χ1) is 13.4. The Labute approximate surface area is 164 Å². The molecule has 0 saturated carbocycles. The molecule has 2 aromatic rings. The Balaban J connectivity index is 1.82. The number of benzene rings is 2. The van der Waals surface area contributed by atoms with Gasteiger partial charge < -0.3 is 9.80 Å². The van der Waals surface area contributed by atoms with E-state index < -0.39 is 28.2 Å². The summed E-state index contributed by atoms with van der Waals surface area (Å²) in [5, 5.41) is 0. The van der Waals surface area contributed by atoms with Crippen molar-refractivity contribution < 1.29 is 22.8 Å². The number of thioether (sulfide) groups is 1. The summed E-state index contributed by atoms with van der Waals surface area (Å²) in [7, 11) is 0. The van der Waals surface area contributed by atoms with Crippen molar-refractivity contribution in [2.45, 2.75) is 24.8 Å². The average molecular weight is 406 g/mol. The molecule has 2 amide bonds. The van der Waals surface area contributed by atoms with Gasteiger partial charge in [0.1, 0.15) is 17.5 Å². The summed E-state index contributed by atoms with van der Waals surface area (Å²) in [6.45, 7) is 1.94. The van der Waals surface area contributed by atoms with Crippen molar-refractivity contribution in [3.8, 4) is 0 Å². The number of carbonyl (C=O) groups excluding carboxylic acids is 2. The molecule has 4 rings (SSSR count). The van der Waals surface area contributed by atoms with Crippen molar-refractivity contribution in [1.29, 1.82) is 0 Å². The average Bonchev–Trinajstić information content (AvgIpc) is 3.20. The first kappa shape index (κ1) is 18.9. The summed E-state index contributed by atoms with van der Waals surface area (Å²) in [5.41, 5.74) is 0.959. The topological polar surface area (TPSA) is 40.6 Å². The molecule has 1 spiro atoms. The predicted octanol–water partition coefficient (Wildman–Crippen LogP) is 3.79. The molecule has 1 unspecified atom stereocenters. The number of rotatable bonds is 3. The maximum Gasteiger partial charge on any atom is 0.268 e. The molecule has 0 N–H and O–H groups in total. The van der Waals surface area contributed by atoms with Crippen LogP contribution in [0.3, 0.4) is 0 Å². The lowest BCUT2D eigenvalue weighted by molar-refractivity contribution is -0.139. The zero-order valence-electron chi connectivity index (χ0n) is 15.0. The first-order valence-corrected chi connectivity index (χ1v) is 9.87. The molecule has 1 saturated heterocycles. The molecule has 2 heterocycles. The van der Waals surface area contributed by atoms with Gasteiger partial charge in [-0.15, -0.1) is 11.8 Å². The van der Waals surface area contributed by atoms with Gasteiger partial charge in [0.25, 0.3) is 5.91 Å². The third kappa shape index (κ3) is 2.70. The number of hydrogen-bond donors (Lipinski definition) is 0. The smallest absolute Gasteiger partial charge is 0.268 e. The molecule has 0 bridgehead atoms. The molecule has 2 aromatic carbocycles. The second-order valence-corrected chi connectivity index (χ2v) is 7.97. The lowest BCUT2D eigenvalue weighted by Crippen LogP contribution is -2.50. The molecule has 0 radical (unpaired) electrons. The van der Waals surface area contributed by atoms with Crippen LogP contribution < -0.4 is 4.90 Å². The van der Waals surface area contributed by atoms with E-state index in [1.807, 2.05) is 0 Å². The van der Waals surface area contributed by atoms with E-state index in [4.69, 9.17) is 0 Å². The van der Waals surface area contributed by atoms with Gasteiger partial charge in [-0.1, -0.05) is 13.0 Å². The molecule has 4 nitrogen and oxygen atoms in total. The van der Waals surface area contributed by atoms with Crippen LogP contribution in [0.25, 0.3) is 0 Å². The van der Waals surface area contributed by atoms with Gasteiger partial charge in [0.2, 0.25) is 5.91 Å². The van der Waals surface area contributed by atoms with E-state index in [1.165, 1.54) is 45.8 Å². The molecule has 1 atom stereocenters. The van der Waals surface area contributed by atoms with E-state index in [0.717, 1.165) is 12.1 Å². The highest BCUT2D eigenvalue weighted by molar-refractivity contribution is 8.01. The standard InChI is InChI=1S/C20H17F3N2O2S/c1-2-18(26)25-7-8-28-20(25)15-9-13(21)5-6-17(15)24(19(20)27)11-12-3-4-14(22)10-16(12)23/h3-6,9-10H,2,7-8,11H2,1H3. The Morgan fingerprint density at radius 1 is 1.14 bits per heavy atom. The van der Waals surface area contributed by atoms with Gasteiger partial charge in [-0.2, -0.15) is 0 Å². The van der Waals surface area contributed by atoms with Crippen LogP contribution >= 0.6 is 11.8 Å². The van der Waals surface area contributed by atoms with Crippen LogP contribution in [0.4, 0.5) is 18.9 Å². The molecular formula is C20H17F3N2O2S. The van der Waals surface area contributed by atoms with Crippen LogP contribution in [0.15, 0.2) is 36.4 Å². The molecule has 1 fully saturated rings. The Morgan fingerprint density at radius 2 is 1.86 bits per heavy atom. The van der Waals surface area contributed by atoms with Gasteiger partial charge in [0.15, 0.2) is 4.87 Å². The number of carbonyl (C=O) groups is 2. The van der Waals surface area contributed by atoms with E-state index in [2.05, 4.69) is 0 Å². The number of nitrogens with zero attached hydrogens (tertiary/aromatic N) is 2. The number of anilines is 1. The minimum absolute atomic E-state index is 0.137. The second-order valence-electron chi connectivity index (χ2n) is 6.68. The van der Waals surface area contributed by atoms with Crippen LogP contribution in [0.2, 0.25) is 0 Å². The zero-order valence-corrected chi connectivity index (χ0v) is 15.9. The molecule has 28 heavy (non-hydrogen) atoms. The highest BCUT2D eigenvalue weighted by Gasteiger charge is 2.59. The predicted molar refractivity (Wildman–Crippen MR) is 100 cm³/mol. The summed E-state index contributed by atoms with van der Waals surface area (Å²) < 4.78 is 41.5. The van der Waals surface area contributed by atoms with Gasteiger partial charge >= 0.3 is 0 Å². The summed E-state index contributed by atoms with van der Waals surface area (Å²) in [6.07, 6.45) is 0.215. The van der Waals surface area contributed by atoms with Crippen LogP contribution in [0.5, 0.6) is 0 Å². The Kier molecular flexibility index (Phi) is 4.61. The minimum atomic E-state index is -1.35. The van der Waals surface area contributed by atoms with Crippen molar-refractivity contribution in [2.24, 2.45) is 0 Å². The maximum atomic E-state index is 14.2. The molecule has 0 aliphatic carbocycles. The van der Waals surface area contributed by atoms with Crippen molar-refractivity contribution in [2.75, 3.05) is 17.2 Å². The summed E-state index contributed by atoms with van der Waals surface area (Å²) in [6, 6.07) is 7.12. The van der Waals surface area contributed by atoms with E-state index >= 15 is 0 Å². The Morgan fingerprint density at radius 3 is 2.57 bits per heavy atom. The highest BCUT2D eigenvalue weighted by Crippen LogP contribution is 2.54. The van der Waals surface area contributed by atoms with Crippen LogP contribution in [-0.4, -0.2) is 29.0 Å². The maximum absolute atomic E-state index is 14.2. The van der Waals surface area contributed by atoms with E-state index in [1.54, 1.807) is 6.92 Å². The molecule has 0 aromatic heterocycles. The van der Waals surface area contributed by atoms with E-state index in [0.29, 0.717) is 23.5 Å². The largest absolute Gasteiger partial charge is 0.315 e. The van der Waals surface area contributed by atoms with Crippen molar-refractivity contribution >= 4 is 29.3 Å². The fourth-order valence-electron chi connectivity index (χ4n) is 3.81. The zero-order chi connectivity index (χ0) is 20.1. The van der Waals surface area contributed by atoms with Crippen molar-refractivity contribution in [3.63, 3.8) is 0 Å². The number of fused-ring (bicyclic) bond motifs is 2. The Bertz CT molecular complexity index is 984. The molecule has 2 aliphatic rings. The highest BCUT2D eigenvalue weighted by atomic mass is 32.2. The monoisotopic (exact) mass is 406 g/mol.